The molecule has 2 aromatic rings. The van der Waals surface area contributed by atoms with Crippen molar-refractivity contribution in [2.75, 3.05) is 0 Å². The van der Waals surface area contributed by atoms with Crippen LogP contribution >= 0.6 is 11.6 Å². The fourth-order valence-electron chi connectivity index (χ4n) is 2.59. The smallest absolute Gasteiger partial charge is 0.341 e. The van der Waals surface area contributed by atoms with E-state index in [0.29, 0.717) is 10.4 Å². The Bertz CT molecular complexity index is 748. The minimum atomic E-state index is -1.19. The van der Waals surface area contributed by atoms with Gasteiger partial charge in [-0.05, 0) is 31.0 Å². The van der Waals surface area contributed by atoms with E-state index in [1.165, 1.54) is 6.20 Å². The normalized spacial score (nSPS) is 17.3. The molecule has 1 unspecified atom stereocenters. The zero-order valence-electron chi connectivity index (χ0n) is 9.61. The average molecular weight is 264 g/mol. The molecule has 0 bridgehead atoms. The first-order valence-corrected chi connectivity index (χ1v) is 5.98. The van der Waals surface area contributed by atoms with Crippen LogP contribution in [0, 0.1) is 0 Å². The second kappa shape index (κ2) is 3.59. The summed E-state index contributed by atoms with van der Waals surface area (Å²) in [5.41, 5.74) is 1.06. The van der Waals surface area contributed by atoms with Gasteiger partial charge in [0, 0.05) is 22.6 Å². The van der Waals surface area contributed by atoms with Crippen molar-refractivity contribution in [1.29, 1.82) is 0 Å². The summed E-state index contributed by atoms with van der Waals surface area (Å²) in [6.45, 7) is 1.98. The van der Waals surface area contributed by atoms with Gasteiger partial charge < -0.3 is 9.67 Å². The molecule has 0 amide bonds. The summed E-state index contributed by atoms with van der Waals surface area (Å²) in [6.07, 6.45) is 2.14. The Hall–Kier alpha value is -1.81. The Morgan fingerprint density at radius 1 is 1.50 bits per heavy atom. The lowest BCUT2D eigenvalue weighted by Gasteiger charge is -2.10. The van der Waals surface area contributed by atoms with Crippen molar-refractivity contribution in [2.24, 2.45) is 0 Å². The Morgan fingerprint density at radius 2 is 2.22 bits per heavy atom. The molecule has 5 heteroatoms. The molecule has 1 aliphatic rings. The van der Waals surface area contributed by atoms with Gasteiger partial charge in [0.25, 0.3) is 0 Å². The molecule has 1 aromatic carbocycles. The standard InChI is InChI=1S/C13H10ClNO3/c1-6-4-8-10(14)3-2-7-11(8)15(6)5-9(12(7)16)13(17)18/h2-3,5-6H,4H2,1H3,(H,17,18). The molecule has 1 N–H and O–H groups in total. The quantitative estimate of drug-likeness (QED) is 0.860. The van der Waals surface area contributed by atoms with E-state index >= 15 is 0 Å². The second-order valence-corrected chi connectivity index (χ2v) is 4.97. The fourth-order valence-corrected chi connectivity index (χ4v) is 2.81. The summed E-state index contributed by atoms with van der Waals surface area (Å²) in [5, 5.41) is 10.1. The van der Waals surface area contributed by atoms with E-state index in [2.05, 4.69) is 0 Å². The Morgan fingerprint density at radius 3 is 2.89 bits per heavy atom. The number of carboxylic acid groups (broad SMARTS) is 1. The maximum atomic E-state index is 12.1. The maximum Gasteiger partial charge on any atom is 0.341 e. The SMILES string of the molecule is CC1Cc2c(Cl)ccc3c(=O)c(C(=O)O)cn1c23. The molecule has 0 radical (unpaired) electrons. The second-order valence-electron chi connectivity index (χ2n) is 4.56. The van der Waals surface area contributed by atoms with E-state index < -0.39 is 11.4 Å². The van der Waals surface area contributed by atoms with E-state index in [-0.39, 0.29) is 11.6 Å². The number of carboxylic acids is 1. The van der Waals surface area contributed by atoms with Crippen LogP contribution in [0.2, 0.25) is 5.02 Å². The van der Waals surface area contributed by atoms with Crippen molar-refractivity contribution >= 4 is 28.5 Å². The number of hydrogen-bond acceptors (Lipinski definition) is 2. The number of rotatable bonds is 1. The monoisotopic (exact) mass is 263 g/mol. The van der Waals surface area contributed by atoms with E-state index in [4.69, 9.17) is 16.7 Å². The van der Waals surface area contributed by atoms with Gasteiger partial charge in [-0.1, -0.05) is 11.6 Å². The Labute approximate surface area is 107 Å². The van der Waals surface area contributed by atoms with Gasteiger partial charge in [0.2, 0.25) is 5.43 Å². The summed E-state index contributed by atoms with van der Waals surface area (Å²) in [6, 6.07) is 3.38. The number of pyridine rings is 1. The molecular weight excluding hydrogens is 254 g/mol. The molecular formula is C13H10ClNO3. The molecule has 18 heavy (non-hydrogen) atoms. The number of carbonyl (C=O) groups is 1. The third-order valence-electron chi connectivity index (χ3n) is 3.45. The topological polar surface area (TPSA) is 59.3 Å². The van der Waals surface area contributed by atoms with Gasteiger partial charge in [-0.3, -0.25) is 4.79 Å². The van der Waals surface area contributed by atoms with Crippen LogP contribution < -0.4 is 5.43 Å². The van der Waals surface area contributed by atoms with E-state index in [1.54, 1.807) is 12.1 Å². The van der Waals surface area contributed by atoms with Gasteiger partial charge in [0.1, 0.15) is 5.56 Å². The highest BCUT2D eigenvalue weighted by Gasteiger charge is 2.25. The molecule has 0 saturated carbocycles. The van der Waals surface area contributed by atoms with Crippen LogP contribution in [0.1, 0.15) is 28.9 Å². The summed E-state index contributed by atoms with van der Waals surface area (Å²) in [4.78, 5) is 23.2. The third-order valence-corrected chi connectivity index (χ3v) is 3.80. The fraction of sp³-hybridized carbons (Fsp3) is 0.231. The largest absolute Gasteiger partial charge is 0.477 e. The minimum Gasteiger partial charge on any atom is -0.477 e. The molecule has 4 nitrogen and oxygen atoms in total. The molecule has 2 heterocycles. The highest BCUT2D eigenvalue weighted by molar-refractivity contribution is 6.32. The number of benzene rings is 1. The number of hydrogen-bond donors (Lipinski definition) is 1. The summed E-state index contributed by atoms with van der Waals surface area (Å²) < 4.78 is 1.83. The number of nitrogens with zero attached hydrogens (tertiary/aromatic N) is 1. The van der Waals surface area contributed by atoms with Crippen LogP contribution in [0.15, 0.2) is 23.1 Å². The average Bonchev–Trinajstić information content (AvgIpc) is 2.64. The van der Waals surface area contributed by atoms with Crippen LogP contribution in [0.5, 0.6) is 0 Å². The predicted octanol–water partition coefficient (Wildman–Crippen LogP) is 2.47. The lowest BCUT2D eigenvalue weighted by molar-refractivity contribution is 0.0695. The van der Waals surface area contributed by atoms with Crippen LogP contribution in [-0.2, 0) is 6.42 Å². The Kier molecular flexibility index (Phi) is 2.25. The lowest BCUT2D eigenvalue weighted by Crippen LogP contribution is -2.18. The third kappa shape index (κ3) is 1.32. The highest BCUT2D eigenvalue weighted by Crippen LogP contribution is 2.35. The molecule has 0 fully saturated rings. The van der Waals surface area contributed by atoms with Crippen molar-refractivity contribution in [3.8, 4) is 0 Å². The van der Waals surface area contributed by atoms with Crippen molar-refractivity contribution in [1.82, 2.24) is 4.57 Å². The van der Waals surface area contributed by atoms with Crippen LogP contribution in [0.3, 0.4) is 0 Å². The molecule has 1 atom stereocenters. The van der Waals surface area contributed by atoms with Gasteiger partial charge in [-0.15, -0.1) is 0 Å². The van der Waals surface area contributed by atoms with Crippen molar-refractivity contribution < 1.29 is 9.90 Å². The number of halogens is 1. The molecule has 3 rings (SSSR count). The van der Waals surface area contributed by atoms with Crippen molar-refractivity contribution in [3.05, 3.63) is 44.7 Å². The maximum absolute atomic E-state index is 12.1. The molecule has 1 aliphatic heterocycles. The van der Waals surface area contributed by atoms with Crippen molar-refractivity contribution in [3.63, 3.8) is 0 Å². The van der Waals surface area contributed by atoms with Crippen molar-refractivity contribution in [2.45, 2.75) is 19.4 Å². The first kappa shape index (κ1) is 11.3. The molecule has 1 aromatic heterocycles. The molecule has 92 valence electrons. The molecule has 0 aliphatic carbocycles. The number of aromatic nitrogens is 1. The zero-order valence-corrected chi connectivity index (χ0v) is 10.4. The van der Waals surface area contributed by atoms with E-state index in [9.17, 15) is 9.59 Å². The van der Waals surface area contributed by atoms with Gasteiger partial charge in [0.15, 0.2) is 0 Å². The summed E-state index contributed by atoms with van der Waals surface area (Å²) in [5.74, 6) is -1.19. The van der Waals surface area contributed by atoms with Gasteiger partial charge in [-0.25, -0.2) is 4.79 Å². The Balaban J connectivity index is 2.54. The van der Waals surface area contributed by atoms with Crippen LogP contribution in [0.25, 0.3) is 10.9 Å². The minimum absolute atomic E-state index is 0.112. The van der Waals surface area contributed by atoms with E-state index in [1.807, 2.05) is 11.5 Å². The lowest BCUT2D eigenvalue weighted by atomic mass is 10.1. The van der Waals surface area contributed by atoms with Crippen LogP contribution in [0.4, 0.5) is 0 Å². The number of aromatic carboxylic acids is 1. The first-order valence-electron chi connectivity index (χ1n) is 5.60. The summed E-state index contributed by atoms with van der Waals surface area (Å²) >= 11 is 6.12. The van der Waals surface area contributed by atoms with E-state index in [0.717, 1.165) is 17.5 Å². The predicted molar refractivity (Wildman–Crippen MR) is 68.6 cm³/mol. The summed E-state index contributed by atoms with van der Waals surface area (Å²) in [7, 11) is 0. The molecule has 0 saturated heterocycles. The molecule has 0 spiro atoms. The van der Waals surface area contributed by atoms with Gasteiger partial charge in [0.05, 0.1) is 5.52 Å². The first-order chi connectivity index (χ1) is 8.50. The van der Waals surface area contributed by atoms with Gasteiger partial charge in [-0.2, -0.15) is 0 Å². The highest BCUT2D eigenvalue weighted by atomic mass is 35.5. The van der Waals surface area contributed by atoms with Gasteiger partial charge >= 0.3 is 5.97 Å². The zero-order chi connectivity index (χ0) is 13.0. The van der Waals surface area contributed by atoms with Crippen LogP contribution in [-0.4, -0.2) is 15.6 Å².